The van der Waals surface area contributed by atoms with Crippen LogP contribution in [0.3, 0.4) is 0 Å². The summed E-state index contributed by atoms with van der Waals surface area (Å²) in [7, 11) is 0. The third-order valence-corrected chi connectivity index (χ3v) is 10.5. The number of nitrogens with zero attached hydrogens (tertiary/aromatic N) is 2. The predicted octanol–water partition coefficient (Wildman–Crippen LogP) is 8.26. The number of aliphatic hydroxyl groups is 1. The van der Waals surface area contributed by atoms with E-state index in [1.165, 1.54) is 11.1 Å². The van der Waals surface area contributed by atoms with E-state index in [9.17, 15) is 27.9 Å². The number of nitrogens with one attached hydrogen (secondary N) is 1. The second kappa shape index (κ2) is 18.3. The van der Waals surface area contributed by atoms with E-state index in [1.54, 1.807) is 0 Å². The fourth-order valence-electron chi connectivity index (χ4n) is 7.67. The zero-order chi connectivity index (χ0) is 39.8. The molecule has 0 bridgehead atoms. The van der Waals surface area contributed by atoms with Gasteiger partial charge in [0.2, 0.25) is 5.91 Å². The highest BCUT2D eigenvalue weighted by atomic mass is 19.4. The van der Waals surface area contributed by atoms with E-state index in [0.717, 1.165) is 46.5 Å². The molecule has 5 aromatic rings. The van der Waals surface area contributed by atoms with Gasteiger partial charge in [-0.2, -0.15) is 13.2 Å². The fourth-order valence-corrected chi connectivity index (χ4v) is 7.67. The summed E-state index contributed by atoms with van der Waals surface area (Å²) in [6.07, 6.45) is -5.02. The summed E-state index contributed by atoms with van der Waals surface area (Å²) < 4.78 is 52.9. The van der Waals surface area contributed by atoms with Crippen LogP contribution in [0.1, 0.15) is 65.0 Å². The van der Waals surface area contributed by atoms with Crippen molar-refractivity contribution in [2.45, 2.75) is 76.2 Å². The van der Waals surface area contributed by atoms with Crippen molar-refractivity contribution in [3.05, 3.63) is 167 Å². The van der Waals surface area contributed by atoms with Crippen molar-refractivity contribution in [1.82, 2.24) is 15.1 Å². The molecular formula is C46H46F3N3O5. The van der Waals surface area contributed by atoms with Gasteiger partial charge in [0, 0.05) is 44.7 Å². The van der Waals surface area contributed by atoms with Gasteiger partial charge >= 0.3 is 12.1 Å². The van der Waals surface area contributed by atoms with Crippen molar-refractivity contribution in [3.8, 4) is 11.1 Å². The molecule has 2 amide bonds. The van der Waals surface area contributed by atoms with Crippen molar-refractivity contribution in [2.24, 2.45) is 0 Å². The molecule has 5 aromatic carbocycles. The fraction of sp³-hybridized carbons (Fsp3) is 0.304. The molecule has 296 valence electrons. The number of carbonyl (C=O) groups excluding carboxylic acids is 2. The minimum atomic E-state index is -5.03. The Morgan fingerprint density at radius 3 is 2.02 bits per heavy atom. The lowest BCUT2D eigenvalue weighted by molar-refractivity contribution is -0.253. The van der Waals surface area contributed by atoms with Crippen LogP contribution in [0.2, 0.25) is 0 Å². The molecule has 2 N–H and O–H groups in total. The minimum Gasteiger partial charge on any atom is -0.392 e. The highest BCUT2D eigenvalue weighted by molar-refractivity contribution is 5.90. The second-order valence-electron chi connectivity index (χ2n) is 14.7. The van der Waals surface area contributed by atoms with Gasteiger partial charge in [0.1, 0.15) is 6.04 Å². The molecular weight excluding hydrogens is 732 g/mol. The van der Waals surface area contributed by atoms with Crippen molar-refractivity contribution in [1.29, 1.82) is 0 Å². The van der Waals surface area contributed by atoms with Crippen LogP contribution in [0.4, 0.5) is 13.2 Å². The van der Waals surface area contributed by atoms with E-state index in [0.29, 0.717) is 24.3 Å². The number of halogens is 3. The van der Waals surface area contributed by atoms with Gasteiger partial charge in [0.05, 0.1) is 18.8 Å². The molecule has 2 fully saturated rings. The third kappa shape index (κ3) is 10.4. The van der Waals surface area contributed by atoms with Gasteiger partial charge in [-0.05, 0) is 63.9 Å². The average molecular weight is 778 g/mol. The molecule has 2 aliphatic heterocycles. The number of ether oxygens (including phenoxy) is 2. The summed E-state index contributed by atoms with van der Waals surface area (Å²) in [5, 5.41) is 12.4. The SMILES string of the molecule is O=C(NCc1cccc(-c2cccc(C3OC(CN(Cc4ccccc4)Cc4ccccc4)CC(c4ccc(CO)cc4)O3)c2)c1)C1CCCN1C(=O)C(F)(F)F. The van der Waals surface area contributed by atoms with Gasteiger partial charge in [0.15, 0.2) is 6.29 Å². The molecule has 0 spiro atoms. The number of benzene rings is 5. The van der Waals surface area contributed by atoms with Crippen LogP contribution in [0, 0.1) is 0 Å². The highest BCUT2D eigenvalue weighted by Gasteiger charge is 2.47. The Hall–Kier alpha value is -5.33. The van der Waals surface area contributed by atoms with Crippen LogP contribution in [0.5, 0.6) is 0 Å². The Balaban J connectivity index is 1.09. The second-order valence-corrected chi connectivity index (χ2v) is 14.7. The van der Waals surface area contributed by atoms with Crippen LogP contribution >= 0.6 is 0 Å². The van der Waals surface area contributed by atoms with Gasteiger partial charge in [-0.15, -0.1) is 0 Å². The molecule has 0 aliphatic carbocycles. The number of aliphatic hydroxyl groups excluding tert-OH is 1. The molecule has 4 atom stereocenters. The lowest BCUT2D eigenvalue weighted by Gasteiger charge is -2.38. The van der Waals surface area contributed by atoms with Gasteiger partial charge in [-0.25, -0.2) is 0 Å². The molecule has 4 unspecified atom stereocenters. The number of carbonyl (C=O) groups is 2. The van der Waals surface area contributed by atoms with Crippen LogP contribution in [0.25, 0.3) is 11.1 Å². The molecule has 2 heterocycles. The number of rotatable bonds is 13. The highest BCUT2D eigenvalue weighted by Crippen LogP contribution is 2.39. The maximum atomic E-state index is 13.1. The minimum absolute atomic E-state index is 0.0451. The maximum Gasteiger partial charge on any atom is 0.471 e. The number of alkyl halides is 3. The Kier molecular flexibility index (Phi) is 12.8. The summed E-state index contributed by atoms with van der Waals surface area (Å²) >= 11 is 0. The van der Waals surface area contributed by atoms with Crippen LogP contribution in [-0.2, 0) is 45.3 Å². The molecule has 8 nitrogen and oxygen atoms in total. The van der Waals surface area contributed by atoms with Crippen LogP contribution < -0.4 is 5.32 Å². The molecule has 0 saturated carbocycles. The summed E-state index contributed by atoms with van der Waals surface area (Å²) in [4.78, 5) is 27.9. The van der Waals surface area contributed by atoms with Crippen LogP contribution in [-0.4, -0.2) is 58.1 Å². The predicted molar refractivity (Wildman–Crippen MR) is 210 cm³/mol. The Morgan fingerprint density at radius 1 is 0.737 bits per heavy atom. The van der Waals surface area contributed by atoms with Crippen LogP contribution in [0.15, 0.2) is 133 Å². The lowest BCUT2D eigenvalue weighted by atomic mass is 9.98. The molecule has 11 heteroatoms. The van der Waals surface area contributed by atoms with E-state index < -0.39 is 30.3 Å². The van der Waals surface area contributed by atoms with E-state index in [4.69, 9.17) is 9.47 Å². The monoisotopic (exact) mass is 777 g/mol. The molecule has 57 heavy (non-hydrogen) atoms. The summed E-state index contributed by atoms with van der Waals surface area (Å²) in [5.41, 5.74) is 7.59. The lowest BCUT2D eigenvalue weighted by Crippen LogP contribution is -2.50. The number of hydrogen-bond acceptors (Lipinski definition) is 6. The van der Waals surface area contributed by atoms with E-state index >= 15 is 0 Å². The summed E-state index contributed by atoms with van der Waals surface area (Å²) in [6.45, 7) is 2.09. The van der Waals surface area contributed by atoms with Crippen molar-refractivity contribution < 1.29 is 37.3 Å². The summed E-state index contributed by atoms with van der Waals surface area (Å²) in [5.74, 6) is -2.59. The zero-order valence-corrected chi connectivity index (χ0v) is 31.5. The van der Waals surface area contributed by atoms with Crippen molar-refractivity contribution in [2.75, 3.05) is 13.1 Å². The van der Waals surface area contributed by atoms with Gasteiger partial charge in [0.25, 0.3) is 0 Å². The first kappa shape index (κ1) is 39.9. The average Bonchev–Trinajstić information content (AvgIpc) is 3.73. The molecule has 7 rings (SSSR count). The molecule has 0 radical (unpaired) electrons. The topological polar surface area (TPSA) is 91.3 Å². The van der Waals surface area contributed by atoms with E-state index in [1.807, 2.05) is 84.9 Å². The third-order valence-electron chi connectivity index (χ3n) is 10.5. The summed E-state index contributed by atoms with van der Waals surface area (Å²) in [6, 6.07) is 43.0. The Labute approximate surface area is 330 Å². The molecule has 2 saturated heterocycles. The first-order valence-corrected chi connectivity index (χ1v) is 19.3. The van der Waals surface area contributed by atoms with Crippen molar-refractivity contribution in [3.63, 3.8) is 0 Å². The quantitative estimate of drug-likeness (QED) is 0.125. The maximum absolute atomic E-state index is 13.1. The first-order chi connectivity index (χ1) is 27.6. The normalized spacial score (nSPS) is 19.8. The molecule has 0 aromatic heterocycles. The number of hydrogen-bond donors (Lipinski definition) is 2. The number of amides is 2. The van der Waals surface area contributed by atoms with Gasteiger partial charge in [-0.3, -0.25) is 14.5 Å². The first-order valence-electron chi connectivity index (χ1n) is 19.3. The smallest absolute Gasteiger partial charge is 0.392 e. The molecule has 2 aliphatic rings. The van der Waals surface area contributed by atoms with Gasteiger partial charge in [-0.1, -0.05) is 121 Å². The van der Waals surface area contributed by atoms with E-state index in [-0.39, 0.29) is 38.3 Å². The Bertz CT molecular complexity index is 2060. The zero-order valence-electron chi connectivity index (χ0n) is 31.5. The Morgan fingerprint density at radius 2 is 1.37 bits per heavy atom. The van der Waals surface area contributed by atoms with Gasteiger partial charge < -0.3 is 24.8 Å². The van der Waals surface area contributed by atoms with E-state index in [2.05, 4.69) is 58.7 Å². The largest absolute Gasteiger partial charge is 0.471 e. The number of likely N-dealkylation sites (tertiary alicyclic amines) is 1. The van der Waals surface area contributed by atoms with Crippen molar-refractivity contribution >= 4 is 11.8 Å². The standard InChI is InChI=1S/C46H46F3N3O5/c47-46(48,49)45(55)52-23-9-18-41(52)43(54)50-27-35-14-7-15-37(24-35)38-16-8-17-39(25-38)44-56-40(26-42(57-44)36-21-19-34(31-53)20-22-36)30-51(28-32-10-3-1-4-11-32)29-33-12-5-2-6-13-33/h1-8,10-17,19-22,24-25,40-42,44,53H,9,18,23,26-31H2,(H,50,54).